The van der Waals surface area contributed by atoms with Crippen LogP contribution in [0.4, 0.5) is 0 Å². The molecule has 0 saturated carbocycles. The molecule has 0 atom stereocenters. The van der Waals surface area contributed by atoms with Crippen LogP contribution in [-0.2, 0) is 0 Å². The van der Waals surface area contributed by atoms with E-state index in [1.54, 1.807) is 36.2 Å². The number of unbranched alkanes of at least 4 members (excludes halogenated alkanes) is 1. The molecule has 1 aromatic rings. The van der Waals surface area contributed by atoms with Crippen LogP contribution in [0.5, 0.6) is 0 Å². The molecule has 0 radical (unpaired) electrons. The van der Waals surface area contributed by atoms with E-state index in [9.17, 15) is 9.59 Å². The summed E-state index contributed by atoms with van der Waals surface area (Å²) in [5, 5.41) is 2.90. The van der Waals surface area contributed by atoms with Crippen LogP contribution in [0, 0.1) is 0 Å². The van der Waals surface area contributed by atoms with Crippen molar-refractivity contribution in [3.05, 3.63) is 35.4 Å². The molecule has 4 heteroatoms. The smallest absolute Gasteiger partial charge is 0.253 e. The molecule has 0 aliphatic heterocycles. The van der Waals surface area contributed by atoms with Crippen LogP contribution < -0.4 is 5.32 Å². The number of carbonyl (C=O) groups is 2. The first-order valence-corrected chi connectivity index (χ1v) is 7.42. The monoisotopic (exact) mass is 290 g/mol. The Kier molecular flexibility index (Phi) is 5.94. The Bertz CT molecular complexity index is 487. The molecule has 0 spiro atoms. The van der Waals surface area contributed by atoms with Crippen molar-refractivity contribution in [2.75, 3.05) is 13.6 Å². The lowest BCUT2D eigenvalue weighted by atomic mass is 10.1. The number of hydrogen-bond donors (Lipinski definition) is 1. The predicted octanol–water partition coefficient (Wildman–Crippen LogP) is 3.09. The van der Waals surface area contributed by atoms with Gasteiger partial charge >= 0.3 is 0 Å². The van der Waals surface area contributed by atoms with Crippen molar-refractivity contribution in [1.29, 1.82) is 0 Å². The average molecular weight is 290 g/mol. The number of benzene rings is 1. The van der Waals surface area contributed by atoms with Gasteiger partial charge in [0.2, 0.25) is 0 Å². The number of amides is 2. The molecule has 0 aliphatic rings. The fourth-order valence-corrected chi connectivity index (χ4v) is 1.89. The van der Waals surface area contributed by atoms with Crippen molar-refractivity contribution < 1.29 is 9.59 Å². The van der Waals surface area contributed by atoms with Crippen molar-refractivity contribution in [2.45, 2.75) is 46.1 Å². The standard InChI is InChI=1S/C17H26N2O2/c1-6-7-12-19(5)16(21)14-10-8-13(9-11-14)15(20)18-17(2,3)4/h8-11H,6-7,12H2,1-5H3,(H,18,20). The zero-order valence-electron chi connectivity index (χ0n) is 13.7. The Labute approximate surface area is 127 Å². The van der Waals surface area contributed by atoms with Gasteiger partial charge in [-0.25, -0.2) is 0 Å². The highest BCUT2D eigenvalue weighted by Crippen LogP contribution is 2.09. The highest BCUT2D eigenvalue weighted by atomic mass is 16.2. The van der Waals surface area contributed by atoms with E-state index in [4.69, 9.17) is 0 Å². The van der Waals surface area contributed by atoms with Crippen LogP contribution in [0.25, 0.3) is 0 Å². The fraction of sp³-hybridized carbons (Fsp3) is 0.529. The summed E-state index contributed by atoms with van der Waals surface area (Å²) < 4.78 is 0. The first kappa shape index (κ1) is 17.2. The molecule has 4 nitrogen and oxygen atoms in total. The van der Waals surface area contributed by atoms with Gasteiger partial charge in [0.15, 0.2) is 0 Å². The number of rotatable bonds is 5. The lowest BCUT2D eigenvalue weighted by Gasteiger charge is -2.20. The molecule has 21 heavy (non-hydrogen) atoms. The van der Waals surface area contributed by atoms with E-state index in [1.807, 2.05) is 20.8 Å². The summed E-state index contributed by atoms with van der Waals surface area (Å²) in [7, 11) is 1.80. The van der Waals surface area contributed by atoms with E-state index in [0.29, 0.717) is 11.1 Å². The second-order valence-electron chi connectivity index (χ2n) is 6.36. The highest BCUT2D eigenvalue weighted by Gasteiger charge is 2.16. The maximum atomic E-state index is 12.2. The largest absolute Gasteiger partial charge is 0.347 e. The maximum Gasteiger partial charge on any atom is 0.253 e. The van der Waals surface area contributed by atoms with Gasteiger partial charge < -0.3 is 10.2 Å². The molecule has 0 bridgehead atoms. The average Bonchev–Trinajstić information content (AvgIpc) is 2.42. The Morgan fingerprint density at radius 1 is 1.10 bits per heavy atom. The molecule has 0 aliphatic carbocycles. The summed E-state index contributed by atoms with van der Waals surface area (Å²) in [5.74, 6) is -0.132. The van der Waals surface area contributed by atoms with E-state index >= 15 is 0 Å². The molecule has 0 unspecified atom stereocenters. The van der Waals surface area contributed by atoms with Gasteiger partial charge in [0.25, 0.3) is 11.8 Å². The predicted molar refractivity (Wildman–Crippen MR) is 85.5 cm³/mol. The third-order valence-electron chi connectivity index (χ3n) is 3.08. The molecule has 1 N–H and O–H groups in total. The third-order valence-corrected chi connectivity index (χ3v) is 3.08. The lowest BCUT2D eigenvalue weighted by molar-refractivity contribution is 0.0792. The van der Waals surface area contributed by atoms with Crippen molar-refractivity contribution in [3.8, 4) is 0 Å². The van der Waals surface area contributed by atoms with Crippen LogP contribution in [0.1, 0.15) is 61.3 Å². The number of hydrogen-bond acceptors (Lipinski definition) is 2. The van der Waals surface area contributed by atoms with Gasteiger partial charge in [0.05, 0.1) is 0 Å². The quantitative estimate of drug-likeness (QED) is 0.906. The van der Waals surface area contributed by atoms with E-state index in [-0.39, 0.29) is 17.4 Å². The van der Waals surface area contributed by atoms with E-state index in [1.165, 1.54) is 0 Å². The summed E-state index contributed by atoms with van der Waals surface area (Å²) in [6, 6.07) is 6.81. The van der Waals surface area contributed by atoms with E-state index in [0.717, 1.165) is 19.4 Å². The number of nitrogens with one attached hydrogen (secondary N) is 1. The first-order chi connectivity index (χ1) is 9.74. The minimum absolute atomic E-state index is 0.00812. The van der Waals surface area contributed by atoms with E-state index in [2.05, 4.69) is 12.2 Å². The molecule has 0 heterocycles. The Hall–Kier alpha value is -1.84. The molecule has 0 saturated heterocycles. The Morgan fingerprint density at radius 3 is 2.10 bits per heavy atom. The minimum Gasteiger partial charge on any atom is -0.347 e. The zero-order chi connectivity index (χ0) is 16.0. The topological polar surface area (TPSA) is 49.4 Å². The van der Waals surface area contributed by atoms with Gasteiger partial charge in [-0.2, -0.15) is 0 Å². The van der Waals surface area contributed by atoms with Crippen molar-refractivity contribution in [2.24, 2.45) is 0 Å². The summed E-state index contributed by atoms with van der Waals surface area (Å²) in [4.78, 5) is 25.9. The molecule has 0 fully saturated rings. The van der Waals surface area contributed by atoms with Crippen LogP contribution in [0.3, 0.4) is 0 Å². The van der Waals surface area contributed by atoms with Crippen molar-refractivity contribution >= 4 is 11.8 Å². The SMILES string of the molecule is CCCCN(C)C(=O)c1ccc(C(=O)NC(C)(C)C)cc1. The van der Waals surface area contributed by atoms with Gasteiger partial charge in [-0.15, -0.1) is 0 Å². The Morgan fingerprint density at radius 2 is 1.62 bits per heavy atom. The molecular weight excluding hydrogens is 264 g/mol. The molecular formula is C17H26N2O2. The normalized spacial score (nSPS) is 11.1. The van der Waals surface area contributed by atoms with Gasteiger partial charge in [-0.05, 0) is 51.5 Å². The first-order valence-electron chi connectivity index (χ1n) is 7.42. The molecule has 2 amide bonds. The third kappa shape index (κ3) is 5.58. The summed E-state index contributed by atoms with van der Waals surface area (Å²) in [6.07, 6.45) is 2.05. The number of nitrogens with zero attached hydrogens (tertiary/aromatic N) is 1. The lowest BCUT2D eigenvalue weighted by Crippen LogP contribution is -2.40. The molecule has 116 valence electrons. The summed E-state index contributed by atoms with van der Waals surface area (Å²) in [6.45, 7) is 8.66. The van der Waals surface area contributed by atoms with Crippen LogP contribution >= 0.6 is 0 Å². The summed E-state index contributed by atoms with van der Waals surface area (Å²) in [5.41, 5.74) is 0.907. The summed E-state index contributed by atoms with van der Waals surface area (Å²) >= 11 is 0. The zero-order valence-corrected chi connectivity index (χ0v) is 13.7. The number of carbonyl (C=O) groups excluding carboxylic acids is 2. The fourth-order valence-electron chi connectivity index (χ4n) is 1.89. The minimum atomic E-state index is -0.272. The highest BCUT2D eigenvalue weighted by molar-refractivity contribution is 5.97. The van der Waals surface area contributed by atoms with E-state index < -0.39 is 0 Å². The van der Waals surface area contributed by atoms with Crippen LogP contribution in [0.2, 0.25) is 0 Å². The van der Waals surface area contributed by atoms with Crippen LogP contribution in [0.15, 0.2) is 24.3 Å². The van der Waals surface area contributed by atoms with Gasteiger partial charge in [0.1, 0.15) is 0 Å². The van der Waals surface area contributed by atoms with Gasteiger partial charge in [-0.1, -0.05) is 13.3 Å². The van der Waals surface area contributed by atoms with Gasteiger partial charge in [0, 0.05) is 30.3 Å². The van der Waals surface area contributed by atoms with Crippen LogP contribution in [-0.4, -0.2) is 35.8 Å². The molecule has 1 aromatic carbocycles. The maximum absolute atomic E-state index is 12.2. The Balaban J connectivity index is 2.73. The van der Waals surface area contributed by atoms with Crippen molar-refractivity contribution in [3.63, 3.8) is 0 Å². The second-order valence-corrected chi connectivity index (χ2v) is 6.36. The van der Waals surface area contributed by atoms with Gasteiger partial charge in [-0.3, -0.25) is 9.59 Å². The second kappa shape index (κ2) is 7.25. The van der Waals surface area contributed by atoms with Crippen molar-refractivity contribution in [1.82, 2.24) is 10.2 Å². The molecule has 1 rings (SSSR count). The molecule has 0 aromatic heterocycles.